The molecule has 1 aromatic rings. The Labute approximate surface area is 205 Å². The van der Waals surface area contributed by atoms with Crippen LogP contribution in [0.15, 0.2) is 30.1 Å². The van der Waals surface area contributed by atoms with Crippen LogP contribution in [0.3, 0.4) is 0 Å². The Hall–Kier alpha value is -2.65. The summed E-state index contributed by atoms with van der Waals surface area (Å²) < 4.78 is 5.17. The number of hydrogen-bond acceptors (Lipinski definition) is 7. The lowest BCUT2D eigenvalue weighted by Crippen LogP contribution is -2.38. The third kappa shape index (κ3) is 6.07. The highest BCUT2D eigenvalue weighted by atomic mass is 32.1. The third-order valence-electron chi connectivity index (χ3n) is 6.94. The van der Waals surface area contributed by atoms with Crippen LogP contribution in [0.2, 0.25) is 0 Å². The van der Waals surface area contributed by atoms with Gasteiger partial charge >= 0.3 is 0 Å². The van der Waals surface area contributed by atoms with Crippen molar-refractivity contribution in [2.45, 2.75) is 70.6 Å². The van der Waals surface area contributed by atoms with Gasteiger partial charge in [0.25, 0.3) is 5.91 Å². The van der Waals surface area contributed by atoms with Gasteiger partial charge in [-0.15, -0.1) is 11.3 Å². The van der Waals surface area contributed by atoms with Gasteiger partial charge in [0.1, 0.15) is 12.6 Å². The highest BCUT2D eigenvalue weighted by molar-refractivity contribution is 7.15. The summed E-state index contributed by atoms with van der Waals surface area (Å²) in [5, 5.41) is 3.16. The van der Waals surface area contributed by atoms with E-state index in [1.54, 1.807) is 0 Å². The fourth-order valence-electron chi connectivity index (χ4n) is 4.88. The van der Waals surface area contributed by atoms with E-state index in [0.717, 1.165) is 28.9 Å². The fraction of sp³-hybridized carbons (Fsp3) is 0.560. The van der Waals surface area contributed by atoms with Gasteiger partial charge in [0.05, 0.1) is 11.0 Å². The number of allylic oxidation sites excluding steroid dienone is 2. The van der Waals surface area contributed by atoms with Crippen molar-refractivity contribution in [3.63, 3.8) is 0 Å². The van der Waals surface area contributed by atoms with E-state index in [4.69, 9.17) is 16.2 Å². The maximum atomic E-state index is 12.5. The molecular weight excluding hydrogens is 452 g/mol. The van der Waals surface area contributed by atoms with Crippen LogP contribution in [0.25, 0.3) is 5.57 Å². The topological polar surface area (TPSA) is 128 Å². The summed E-state index contributed by atoms with van der Waals surface area (Å²) in [6, 6.07) is 3.74. The molecule has 2 amide bonds. The van der Waals surface area contributed by atoms with E-state index in [2.05, 4.69) is 12.2 Å². The monoisotopic (exact) mass is 488 g/mol. The lowest BCUT2D eigenvalue weighted by molar-refractivity contribution is -0.127. The number of rotatable bonds is 6. The molecule has 3 heterocycles. The Morgan fingerprint density at radius 2 is 1.88 bits per heavy atom. The lowest BCUT2D eigenvalue weighted by Gasteiger charge is -2.28. The first kappa shape index (κ1) is 26.0. The largest absolute Gasteiger partial charge is 0.404 e. The normalized spacial score (nSPS) is 24.3. The van der Waals surface area contributed by atoms with Gasteiger partial charge in [-0.25, -0.2) is 0 Å². The second-order valence-corrected chi connectivity index (χ2v) is 10.2. The van der Waals surface area contributed by atoms with Gasteiger partial charge in [-0.2, -0.15) is 0 Å². The first-order valence-electron chi connectivity index (χ1n) is 12.0. The number of thiophene rings is 1. The van der Waals surface area contributed by atoms with Crippen LogP contribution < -0.4 is 16.8 Å². The summed E-state index contributed by atoms with van der Waals surface area (Å²) in [4.78, 5) is 37.2. The Balaban J connectivity index is 0.000000243. The maximum Gasteiger partial charge on any atom is 0.261 e. The summed E-state index contributed by atoms with van der Waals surface area (Å²) in [5.41, 5.74) is 13.0. The van der Waals surface area contributed by atoms with E-state index < -0.39 is 0 Å². The molecule has 0 bridgehead atoms. The molecule has 0 spiro atoms. The first-order valence-corrected chi connectivity index (χ1v) is 12.8. The first-order chi connectivity index (χ1) is 16.4. The Morgan fingerprint density at radius 1 is 1.18 bits per heavy atom. The van der Waals surface area contributed by atoms with Gasteiger partial charge in [0.2, 0.25) is 6.41 Å². The predicted molar refractivity (Wildman–Crippen MR) is 134 cm³/mol. The smallest absolute Gasteiger partial charge is 0.261 e. The zero-order chi connectivity index (χ0) is 24.7. The molecule has 3 atom stereocenters. The summed E-state index contributed by atoms with van der Waals surface area (Å²) >= 11 is 1.45. The van der Waals surface area contributed by atoms with E-state index in [0.29, 0.717) is 17.3 Å². The number of amides is 2. The quantitative estimate of drug-likeness (QED) is 0.417. The van der Waals surface area contributed by atoms with Crippen molar-refractivity contribution >= 4 is 35.0 Å². The van der Waals surface area contributed by atoms with Crippen molar-refractivity contribution in [2.75, 3.05) is 13.2 Å². The molecule has 3 aliphatic rings. The van der Waals surface area contributed by atoms with Crippen molar-refractivity contribution in [3.8, 4) is 0 Å². The standard InChI is InChI=1S/C18H27N3OS.C7H9NO3/c1-12(10-19)15(11-20)16-8-9-17(23-16)18(22)21-13(2)14-6-4-3-5-7-14;9-4-8-2-1-6-7(8)5(10)3-11-6/h8-11,13-14H,3-7,19-20H2,1-2H3,(H,21,22);4,6-7H,1-3H2/b12-10-,15-11+;/t;6-,7-/m.1/s1. The molecule has 8 nitrogen and oxygen atoms in total. The zero-order valence-electron chi connectivity index (χ0n) is 20.0. The van der Waals surface area contributed by atoms with Crippen LogP contribution in [0.5, 0.6) is 0 Å². The summed E-state index contributed by atoms with van der Waals surface area (Å²) in [6.45, 7) is 4.86. The molecule has 1 aromatic heterocycles. The Morgan fingerprint density at radius 3 is 2.53 bits per heavy atom. The van der Waals surface area contributed by atoms with Crippen molar-refractivity contribution in [3.05, 3.63) is 39.9 Å². The van der Waals surface area contributed by atoms with Crippen LogP contribution in [0, 0.1) is 5.92 Å². The fourth-order valence-corrected chi connectivity index (χ4v) is 5.88. The molecule has 4 rings (SSSR count). The number of Topliss-reactive ketones (excluding diaryl/α,β-unsaturated/α-hetero) is 1. The number of carbonyl (C=O) groups is 3. The van der Waals surface area contributed by atoms with E-state index in [9.17, 15) is 14.4 Å². The summed E-state index contributed by atoms with van der Waals surface area (Å²) in [5.74, 6) is 0.652. The van der Waals surface area contributed by atoms with Gasteiger partial charge in [-0.05, 0) is 62.9 Å². The molecule has 2 saturated heterocycles. The SMILES string of the molecule is CC(=C/N)/C(=C\N)c1ccc(C(=O)NC(C)C2CCCCC2)s1.O=CN1CC[C@H]2OCC(=O)[C@H]21. The number of hydrogen-bond donors (Lipinski definition) is 3. The van der Waals surface area contributed by atoms with Crippen LogP contribution in [0.4, 0.5) is 0 Å². The van der Waals surface area contributed by atoms with Gasteiger partial charge in [0, 0.05) is 29.2 Å². The van der Waals surface area contributed by atoms with Crippen LogP contribution >= 0.6 is 11.3 Å². The predicted octanol–water partition coefficient (Wildman–Crippen LogP) is 2.79. The molecule has 186 valence electrons. The minimum atomic E-state index is -0.271. The number of ether oxygens (including phenoxy) is 1. The molecular formula is C25H36N4O4S. The molecule has 3 fully saturated rings. The van der Waals surface area contributed by atoms with E-state index in [1.807, 2.05) is 19.1 Å². The minimum absolute atomic E-state index is 0.00470. The van der Waals surface area contributed by atoms with Crippen molar-refractivity contribution in [1.29, 1.82) is 0 Å². The number of fused-ring (bicyclic) bond motifs is 1. The molecule has 2 aliphatic heterocycles. The summed E-state index contributed by atoms with van der Waals surface area (Å²) in [6.07, 6.45) is 10.9. The molecule has 1 unspecified atom stereocenters. The number of nitrogens with zero attached hydrogens (tertiary/aromatic N) is 1. The lowest BCUT2D eigenvalue weighted by atomic mass is 9.84. The third-order valence-corrected chi connectivity index (χ3v) is 8.06. The van der Waals surface area contributed by atoms with E-state index >= 15 is 0 Å². The molecule has 1 aliphatic carbocycles. The second kappa shape index (κ2) is 12.2. The van der Waals surface area contributed by atoms with Crippen LogP contribution in [-0.2, 0) is 14.3 Å². The molecule has 0 aromatic carbocycles. The molecule has 5 N–H and O–H groups in total. The van der Waals surface area contributed by atoms with E-state index in [1.165, 1.54) is 60.7 Å². The Bertz CT molecular complexity index is 935. The van der Waals surface area contributed by atoms with Crippen LogP contribution in [-0.4, -0.2) is 54.3 Å². The summed E-state index contributed by atoms with van der Waals surface area (Å²) in [7, 11) is 0. The zero-order valence-corrected chi connectivity index (χ0v) is 20.8. The van der Waals surface area contributed by atoms with Crippen molar-refractivity contribution in [1.82, 2.24) is 10.2 Å². The molecule has 1 saturated carbocycles. The van der Waals surface area contributed by atoms with Crippen molar-refractivity contribution < 1.29 is 19.1 Å². The molecule has 34 heavy (non-hydrogen) atoms. The number of nitrogens with two attached hydrogens (primary N) is 2. The minimum Gasteiger partial charge on any atom is -0.404 e. The van der Waals surface area contributed by atoms with Gasteiger partial charge in [0.15, 0.2) is 5.78 Å². The molecule has 9 heteroatoms. The maximum absolute atomic E-state index is 12.5. The van der Waals surface area contributed by atoms with Gasteiger partial charge in [-0.1, -0.05) is 19.3 Å². The number of nitrogens with one attached hydrogen (secondary N) is 1. The van der Waals surface area contributed by atoms with Gasteiger partial charge < -0.3 is 26.4 Å². The average molecular weight is 489 g/mol. The van der Waals surface area contributed by atoms with E-state index in [-0.39, 0.29) is 36.5 Å². The second-order valence-electron chi connectivity index (χ2n) is 9.15. The molecule has 0 radical (unpaired) electrons. The van der Waals surface area contributed by atoms with Crippen molar-refractivity contribution in [2.24, 2.45) is 17.4 Å². The highest BCUT2D eigenvalue weighted by Crippen LogP contribution is 2.30. The number of ketones is 1. The highest BCUT2D eigenvalue weighted by Gasteiger charge is 2.44. The average Bonchev–Trinajstić information content (AvgIpc) is 3.59. The number of carbonyl (C=O) groups excluding carboxylic acids is 3. The Kier molecular flexibility index (Phi) is 9.29. The number of likely N-dealkylation sites (tertiary alicyclic amines) is 1. The van der Waals surface area contributed by atoms with Crippen LogP contribution in [0.1, 0.15) is 66.9 Å². The van der Waals surface area contributed by atoms with Gasteiger partial charge in [-0.3, -0.25) is 14.4 Å².